The van der Waals surface area contributed by atoms with E-state index < -0.39 is 5.97 Å². The van der Waals surface area contributed by atoms with Crippen LogP contribution in [0.2, 0.25) is 0 Å². The maximum atomic E-state index is 11.1. The van der Waals surface area contributed by atoms with E-state index >= 15 is 0 Å². The summed E-state index contributed by atoms with van der Waals surface area (Å²) in [5.41, 5.74) is 2.20. The third-order valence-corrected chi connectivity index (χ3v) is 4.57. The molecule has 110 valence electrons. The van der Waals surface area contributed by atoms with E-state index in [9.17, 15) is 10.1 Å². The minimum atomic E-state index is -0.987. The number of rotatable bonds is 3. The summed E-state index contributed by atoms with van der Waals surface area (Å²) >= 11 is 1.11. The third kappa shape index (κ3) is 2.26. The van der Waals surface area contributed by atoms with Crippen LogP contribution in [0.4, 0.5) is 0 Å². The fourth-order valence-corrected chi connectivity index (χ4v) is 3.20. The maximum Gasteiger partial charge on any atom is 0.347 e. The molecule has 0 saturated heterocycles. The van der Waals surface area contributed by atoms with E-state index in [1.165, 1.54) is 0 Å². The fraction of sp³-hybridized carbons (Fsp3) is 0.188. The maximum absolute atomic E-state index is 11.1. The quantitative estimate of drug-likeness (QED) is 0.790. The largest absolute Gasteiger partial charge is 0.477 e. The van der Waals surface area contributed by atoms with Crippen molar-refractivity contribution < 1.29 is 14.3 Å². The van der Waals surface area contributed by atoms with Crippen LogP contribution in [0.3, 0.4) is 0 Å². The number of hydrogen-bond acceptors (Lipinski definition) is 5. The number of hydrogen-bond donors (Lipinski definition) is 1. The number of fused-ring (bicyclic) bond motifs is 1. The van der Waals surface area contributed by atoms with Crippen LogP contribution in [0, 0.1) is 18.3 Å². The number of aryl methyl sites for hydroxylation is 2. The highest BCUT2D eigenvalue weighted by atomic mass is 32.1. The highest BCUT2D eigenvalue weighted by molar-refractivity contribution is 7.17. The normalized spacial score (nSPS) is 10.8. The highest BCUT2D eigenvalue weighted by Crippen LogP contribution is 2.33. The van der Waals surface area contributed by atoms with Gasteiger partial charge in [0.25, 0.3) is 0 Å². The number of aromatic carboxylic acids is 1. The lowest BCUT2D eigenvalue weighted by atomic mass is 10.1. The standard InChI is InChI=1S/C16H12N2O3S/c1-3-12-6-9-4-10(5-11(7-17)13(9)21-12)15-18-8(2)14(22-15)16(19)20/h4-6H,3H2,1-2H3,(H,19,20). The molecule has 1 N–H and O–H groups in total. The van der Waals surface area contributed by atoms with Crippen LogP contribution in [0.5, 0.6) is 0 Å². The molecule has 0 atom stereocenters. The van der Waals surface area contributed by atoms with Crippen LogP contribution in [0.15, 0.2) is 22.6 Å². The van der Waals surface area contributed by atoms with E-state index in [0.717, 1.165) is 34.5 Å². The summed E-state index contributed by atoms with van der Waals surface area (Å²) in [6.07, 6.45) is 0.744. The summed E-state index contributed by atoms with van der Waals surface area (Å²) in [6.45, 7) is 3.65. The lowest BCUT2D eigenvalue weighted by Gasteiger charge is -1.98. The molecular weight excluding hydrogens is 300 g/mol. The summed E-state index contributed by atoms with van der Waals surface area (Å²) in [7, 11) is 0. The molecule has 0 radical (unpaired) electrons. The average Bonchev–Trinajstić information content (AvgIpc) is 3.08. The van der Waals surface area contributed by atoms with Gasteiger partial charge in [0.15, 0.2) is 5.58 Å². The molecule has 6 heteroatoms. The number of benzene rings is 1. The van der Waals surface area contributed by atoms with Gasteiger partial charge in [-0.25, -0.2) is 9.78 Å². The van der Waals surface area contributed by atoms with Gasteiger partial charge in [0, 0.05) is 17.4 Å². The van der Waals surface area contributed by atoms with Gasteiger partial charge in [0.1, 0.15) is 21.7 Å². The minimum Gasteiger partial charge on any atom is -0.477 e. The number of thiazole rings is 1. The third-order valence-electron chi connectivity index (χ3n) is 3.37. The van der Waals surface area contributed by atoms with Crippen molar-refractivity contribution in [2.24, 2.45) is 0 Å². The molecular formula is C16H12N2O3S. The summed E-state index contributed by atoms with van der Waals surface area (Å²) in [4.78, 5) is 15.7. The zero-order valence-electron chi connectivity index (χ0n) is 12.0. The molecule has 3 rings (SSSR count). The van der Waals surface area contributed by atoms with Crippen molar-refractivity contribution in [1.82, 2.24) is 4.98 Å². The predicted molar refractivity (Wildman–Crippen MR) is 83.1 cm³/mol. The molecule has 3 aromatic rings. The van der Waals surface area contributed by atoms with Gasteiger partial charge in [-0.3, -0.25) is 0 Å². The molecule has 5 nitrogen and oxygen atoms in total. The van der Waals surface area contributed by atoms with Gasteiger partial charge in [0.2, 0.25) is 0 Å². The predicted octanol–water partition coefficient (Wildman–Crippen LogP) is 4.00. The number of aromatic nitrogens is 1. The van der Waals surface area contributed by atoms with Gasteiger partial charge in [-0.2, -0.15) is 5.26 Å². The number of nitriles is 1. The Kier molecular flexibility index (Phi) is 3.43. The van der Waals surface area contributed by atoms with Crippen LogP contribution < -0.4 is 0 Å². The van der Waals surface area contributed by atoms with Gasteiger partial charge in [-0.15, -0.1) is 11.3 Å². The van der Waals surface area contributed by atoms with Crippen LogP contribution >= 0.6 is 11.3 Å². The molecule has 0 fully saturated rings. The van der Waals surface area contributed by atoms with Crippen LogP contribution in [-0.4, -0.2) is 16.1 Å². The summed E-state index contributed by atoms with van der Waals surface area (Å²) in [6, 6.07) is 7.60. The van der Waals surface area contributed by atoms with Crippen molar-refractivity contribution in [2.45, 2.75) is 20.3 Å². The Morgan fingerprint density at radius 1 is 1.45 bits per heavy atom. The molecule has 1 aromatic carbocycles. The van der Waals surface area contributed by atoms with Gasteiger partial charge >= 0.3 is 5.97 Å². The van der Waals surface area contributed by atoms with Gasteiger partial charge in [-0.1, -0.05) is 6.92 Å². The Balaban J connectivity index is 2.21. The first kappa shape index (κ1) is 14.3. The molecule has 0 saturated carbocycles. The Morgan fingerprint density at radius 3 is 2.82 bits per heavy atom. The Morgan fingerprint density at radius 2 is 2.23 bits per heavy atom. The van der Waals surface area contributed by atoms with Gasteiger partial charge in [0.05, 0.1) is 11.3 Å². The SMILES string of the molecule is CCc1cc2cc(-c3nc(C)c(C(=O)O)s3)cc(C#N)c2o1. The lowest BCUT2D eigenvalue weighted by molar-refractivity contribution is 0.0701. The summed E-state index contributed by atoms with van der Waals surface area (Å²) in [5.74, 6) is -0.176. The van der Waals surface area contributed by atoms with Crippen LogP contribution in [-0.2, 0) is 6.42 Å². The molecule has 0 spiro atoms. The first-order chi connectivity index (χ1) is 10.5. The van der Waals surface area contributed by atoms with E-state index in [2.05, 4.69) is 11.1 Å². The summed E-state index contributed by atoms with van der Waals surface area (Å²) in [5, 5.41) is 19.9. The molecule has 0 bridgehead atoms. The van der Waals surface area contributed by atoms with Crippen molar-refractivity contribution in [2.75, 3.05) is 0 Å². The first-order valence-corrected chi connectivity index (χ1v) is 7.52. The fourth-order valence-electron chi connectivity index (χ4n) is 2.31. The van der Waals surface area contributed by atoms with E-state index in [0.29, 0.717) is 21.8 Å². The smallest absolute Gasteiger partial charge is 0.347 e. The zero-order valence-corrected chi connectivity index (χ0v) is 12.8. The van der Waals surface area contributed by atoms with E-state index in [-0.39, 0.29) is 4.88 Å². The average molecular weight is 312 g/mol. The number of carbonyl (C=O) groups is 1. The lowest BCUT2D eigenvalue weighted by Crippen LogP contribution is -1.94. The van der Waals surface area contributed by atoms with Crippen molar-refractivity contribution in [3.63, 3.8) is 0 Å². The number of nitrogens with zero attached hydrogens (tertiary/aromatic N) is 2. The minimum absolute atomic E-state index is 0.218. The second kappa shape index (κ2) is 5.28. The number of carboxylic acids is 1. The first-order valence-electron chi connectivity index (χ1n) is 6.71. The second-order valence-corrected chi connectivity index (χ2v) is 5.86. The second-order valence-electron chi connectivity index (χ2n) is 4.86. The zero-order chi connectivity index (χ0) is 15.9. The van der Waals surface area contributed by atoms with E-state index in [4.69, 9.17) is 9.52 Å². The molecule has 2 aromatic heterocycles. The molecule has 0 aliphatic heterocycles. The van der Waals surface area contributed by atoms with Crippen molar-refractivity contribution in [3.05, 3.63) is 40.1 Å². The topological polar surface area (TPSA) is 87.1 Å². The van der Waals surface area contributed by atoms with Gasteiger partial charge < -0.3 is 9.52 Å². The monoisotopic (exact) mass is 312 g/mol. The molecule has 0 aliphatic rings. The van der Waals surface area contributed by atoms with Crippen LogP contribution in [0.25, 0.3) is 21.5 Å². The Labute approximate surface area is 130 Å². The molecule has 0 amide bonds. The Bertz CT molecular complexity index is 931. The summed E-state index contributed by atoms with van der Waals surface area (Å²) < 4.78 is 5.66. The molecule has 0 aliphatic carbocycles. The van der Waals surface area contributed by atoms with Crippen LogP contribution in [0.1, 0.15) is 33.6 Å². The number of furan rings is 1. The number of carboxylic acid groups (broad SMARTS) is 1. The van der Waals surface area contributed by atoms with Gasteiger partial charge in [-0.05, 0) is 25.1 Å². The van der Waals surface area contributed by atoms with Crippen molar-refractivity contribution in [3.8, 4) is 16.6 Å². The Hall–Kier alpha value is -2.65. The van der Waals surface area contributed by atoms with E-state index in [1.807, 2.05) is 19.1 Å². The van der Waals surface area contributed by atoms with Crippen molar-refractivity contribution in [1.29, 1.82) is 5.26 Å². The highest BCUT2D eigenvalue weighted by Gasteiger charge is 2.17. The molecule has 22 heavy (non-hydrogen) atoms. The van der Waals surface area contributed by atoms with E-state index in [1.54, 1.807) is 13.0 Å². The molecule has 2 heterocycles. The molecule has 0 unspecified atom stereocenters. The van der Waals surface area contributed by atoms with Crippen molar-refractivity contribution >= 4 is 28.3 Å².